The summed E-state index contributed by atoms with van der Waals surface area (Å²) < 4.78 is 5.12. The van der Waals surface area contributed by atoms with Crippen molar-refractivity contribution in [3.63, 3.8) is 0 Å². The topological polar surface area (TPSA) is 55.8 Å². The Hall–Kier alpha value is -2.66. The first-order chi connectivity index (χ1) is 11.2. The highest BCUT2D eigenvalue weighted by atomic mass is 16.7. The summed E-state index contributed by atoms with van der Waals surface area (Å²) in [5.41, 5.74) is 2.08. The molecule has 2 aromatic rings. The second-order valence-electron chi connectivity index (χ2n) is 5.23. The summed E-state index contributed by atoms with van der Waals surface area (Å²) in [6.45, 7) is 0.360. The Morgan fingerprint density at radius 3 is 2.48 bits per heavy atom. The van der Waals surface area contributed by atoms with E-state index in [4.69, 9.17) is 9.57 Å². The summed E-state index contributed by atoms with van der Waals surface area (Å²) in [6, 6.07) is 14.7. The van der Waals surface area contributed by atoms with Crippen LogP contribution in [0, 0.1) is 0 Å². The number of carbonyl (C=O) groups excluding carboxylic acids is 2. The number of benzene rings is 2. The van der Waals surface area contributed by atoms with Crippen LogP contribution in [0.4, 0.5) is 5.69 Å². The molecule has 5 heteroatoms. The molecule has 1 aliphatic heterocycles. The molecule has 0 fully saturated rings. The summed E-state index contributed by atoms with van der Waals surface area (Å²) in [6.07, 6.45) is 1.56. The van der Waals surface area contributed by atoms with Crippen molar-refractivity contribution in [3.05, 3.63) is 59.7 Å². The monoisotopic (exact) mass is 311 g/mol. The van der Waals surface area contributed by atoms with Gasteiger partial charge in [0.25, 0.3) is 5.78 Å². The number of hydrogen-bond acceptors (Lipinski definition) is 4. The summed E-state index contributed by atoms with van der Waals surface area (Å²) >= 11 is 0. The molecular weight excluding hydrogens is 294 g/mol. The van der Waals surface area contributed by atoms with E-state index in [0.29, 0.717) is 17.9 Å². The van der Waals surface area contributed by atoms with Gasteiger partial charge in [-0.2, -0.15) is 5.06 Å². The smallest absolute Gasteiger partial charge is 0.323 e. The number of Topliss-reactive ketones (excluding diaryl/α,β-unsaturated/α-hetero) is 1. The van der Waals surface area contributed by atoms with Crippen LogP contribution in [0.2, 0.25) is 0 Å². The van der Waals surface area contributed by atoms with Gasteiger partial charge in [-0.1, -0.05) is 24.3 Å². The molecule has 0 bridgehead atoms. The molecule has 3 rings (SSSR count). The molecule has 0 aliphatic carbocycles. The van der Waals surface area contributed by atoms with E-state index in [1.165, 1.54) is 5.56 Å². The summed E-state index contributed by atoms with van der Waals surface area (Å²) in [4.78, 5) is 29.3. The van der Waals surface area contributed by atoms with E-state index in [0.717, 1.165) is 23.7 Å². The number of rotatable bonds is 6. The standard InChI is InChI=1S/C18H17NO4/c1-22-14-10-8-13(9-11-14)5-4-12-23-19-16-7-3-2-6-15(16)17(20)18(19)21/h2-3,6-11H,4-5,12H2,1H3. The van der Waals surface area contributed by atoms with Crippen molar-refractivity contribution in [1.29, 1.82) is 0 Å². The van der Waals surface area contributed by atoms with Gasteiger partial charge in [0, 0.05) is 0 Å². The molecule has 2 aromatic carbocycles. The number of para-hydroxylation sites is 1. The molecule has 0 spiro atoms. The molecule has 118 valence electrons. The van der Waals surface area contributed by atoms with Crippen LogP contribution in [0.1, 0.15) is 22.3 Å². The number of anilines is 1. The third-order valence-electron chi connectivity index (χ3n) is 3.74. The third kappa shape index (κ3) is 3.10. The predicted octanol–water partition coefficient (Wildman–Crippen LogP) is 2.79. The highest BCUT2D eigenvalue weighted by Crippen LogP contribution is 2.28. The summed E-state index contributed by atoms with van der Waals surface area (Å²) in [5, 5.41) is 1.10. The lowest BCUT2D eigenvalue weighted by atomic mass is 10.1. The maximum Gasteiger partial charge on any atom is 0.323 e. The maximum atomic E-state index is 11.9. The second kappa shape index (κ2) is 6.62. The Labute approximate surface area is 134 Å². The van der Waals surface area contributed by atoms with E-state index in [9.17, 15) is 9.59 Å². The first-order valence-electron chi connectivity index (χ1n) is 7.44. The number of nitrogens with zero attached hydrogens (tertiary/aromatic N) is 1. The molecule has 0 N–H and O–H groups in total. The van der Waals surface area contributed by atoms with Crippen LogP contribution >= 0.6 is 0 Å². The van der Waals surface area contributed by atoms with Crippen LogP contribution in [0.3, 0.4) is 0 Å². The van der Waals surface area contributed by atoms with E-state index in [-0.39, 0.29) is 0 Å². The minimum atomic E-state index is -0.629. The van der Waals surface area contributed by atoms with Crippen molar-refractivity contribution < 1.29 is 19.2 Å². The van der Waals surface area contributed by atoms with Crippen LogP contribution in [0.5, 0.6) is 5.75 Å². The van der Waals surface area contributed by atoms with Gasteiger partial charge in [0.2, 0.25) is 0 Å². The minimum Gasteiger partial charge on any atom is -0.497 e. The van der Waals surface area contributed by atoms with Gasteiger partial charge in [0.05, 0.1) is 25.0 Å². The Morgan fingerprint density at radius 2 is 1.74 bits per heavy atom. The summed E-state index contributed by atoms with van der Waals surface area (Å²) in [7, 11) is 1.63. The lowest BCUT2D eigenvalue weighted by molar-refractivity contribution is -0.121. The van der Waals surface area contributed by atoms with Crippen molar-refractivity contribution in [2.75, 3.05) is 18.8 Å². The zero-order valence-corrected chi connectivity index (χ0v) is 12.8. The van der Waals surface area contributed by atoms with Gasteiger partial charge < -0.3 is 4.74 Å². The van der Waals surface area contributed by atoms with E-state index in [2.05, 4.69) is 0 Å². The molecule has 1 amide bonds. The Bertz CT molecular complexity index is 724. The quantitative estimate of drug-likeness (QED) is 0.608. The lowest BCUT2D eigenvalue weighted by Crippen LogP contribution is -2.30. The average Bonchev–Trinajstić information content (AvgIpc) is 2.84. The second-order valence-corrected chi connectivity index (χ2v) is 5.23. The lowest BCUT2D eigenvalue weighted by Gasteiger charge is -2.15. The van der Waals surface area contributed by atoms with Crippen LogP contribution in [-0.2, 0) is 16.1 Å². The minimum absolute atomic E-state index is 0.360. The van der Waals surface area contributed by atoms with E-state index in [1.807, 2.05) is 24.3 Å². The largest absolute Gasteiger partial charge is 0.497 e. The predicted molar refractivity (Wildman–Crippen MR) is 85.5 cm³/mol. The van der Waals surface area contributed by atoms with E-state index < -0.39 is 11.7 Å². The SMILES string of the molecule is COc1ccc(CCCON2C(=O)C(=O)c3ccccc32)cc1. The van der Waals surface area contributed by atoms with Crippen LogP contribution < -0.4 is 9.80 Å². The fraction of sp³-hybridized carbons (Fsp3) is 0.222. The van der Waals surface area contributed by atoms with E-state index >= 15 is 0 Å². The van der Waals surface area contributed by atoms with Gasteiger partial charge in [-0.05, 0) is 42.7 Å². The van der Waals surface area contributed by atoms with Gasteiger partial charge >= 0.3 is 5.91 Å². The zero-order valence-electron chi connectivity index (χ0n) is 12.8. The highest BCUT2D eigenvalue weighted by molar-refractivity contribution is 6.51. The van der Waals surface area contributed by atoms with Crippen LogP contribution in [0.25, 0.3) is 0 Å². The average molecular weight is 311 g/mol. The molecule has 1 heterocycles. The first kappa shape index (κ1) is 15.2. The number of hydroxylamine groups is 1. The molecule has 0 atom stereocenters. The molecule has 0 radical (unpaired) electrons. The molecule has 23 heavy (non-hydrogen) atoms. The molecular formula is C18H17NO4. The van der Waals surface area contributed by atoms with Crippen molar-refractivity contribution in [1.82, 2.24) is 0 Å². The Balaban J connectivity index is 1.54. The molecule has 1 aliphatic rings. The zero-order chi connectivity index (χ0) is 16.2. The normalized spacial score (nSPS) is 13.3. The molecule has 0 saturated heterocycles. The fourth-order valence-corrected chi connectivity index (χ4v) is 2.51. The van der Waals surface area contributed by atoms with Gasteiger partial charge in [-0.3, -0.25) is 14.4 Å². The van der Waals surface area contributed by atoms with Crippen molar-refractivity contribution in [2.24, 2.45) is 0 Å². The third-order valence-corrected chi connectivity index (χ3v) is 3.74. The number of aryl methyl sites for hydroxylation is 1. The maximum absolute atomic E-state index is 11.9. The fourth-order valence-electron chi connectivity index (χ4n) is 2.51. The molecule has 0 aromatic heterocycles. The van der Waals surface area contributed by atoms with Crippen LogP contribution in [0.15, 0.2) is 48.5 Å². The number of amides is 1. The van der Waals surface area contributed by atoms with Crippen molar-refractivity contribution in [3.8, 4) is 5.75 Å². The molecule has 0 saturated carbocycles. The van der Waals surface area contributed by atoms with Gasteiger partial charge in [0.1, 0.15) is 5.75 Å². The van der Waals surface area contributed by atoms with E-state index in [1.54, 1.807) is 31.4 Å². The first-order valence-corrected chi connectivity index (χ1v) is 7.44. The summed E-state index contributed by atoms with van der Waals surface area (Å²) in [5.74, 6) is -0.325. The van der Waals surface area contributed by atoms with Crippen molar-refractivity contribution >= 4 is 17.4 Å². The van der Waals surface area contributed by atoms with Gasteiger partial charge in [-0.15, -0.1) is 0 Å². The Kier molecular flexibility index (Phi) is 4.39. The molecule has 0 unspecified atom stereocenters. The van der Waals surface area contributed by atoms with Crippen LogP contribution in [-0.4, -0.2) is 25.4 Å². The number of ether oxygens (including phenoxy) is 1. The Morgan fingerprint density at radius 1 is 1.00 bits per heavy atom. The number of fused-ring (bicyclic) bond motifs is 1. The van der Waals surface area contributed by atoms with Gasteiger partial charge in [-0.25, -0.2) is 0 Å². The number of methoxy groups -OCH3 is 1. The number of carbonyl (C=O) groups is 2. The van der Waals surface area contributed by atoms with Crippen molar-refractivity contribution in [2.45, 2.75) is 12.8 Å². The number of hydrogen-bond donors (Lipinski definition) is 0. The number of ketones is 1. The van der Waals surface area contributed by atoms with Gasteiger partial charge in [0.15, 0.2) is 0 Å². The highest BCUT2D eigenvalue weighted by Gasteiger charge is 2.36. The molecule has 5 nitrogen and oxygen atoms in total.